The number of hydrogen-bond acceptors (Lipinski definition) is 3. The lowest BCUT2D eigenvalue weighted by Gasteiger charge is -2.27. The van der Waals surface area contributed by atoms with Crippen molar-refractivity contribution in [2.24, 2.45) is 5.92 Å². The minimum atomic E-state index is -3.60. The van der Waals surface area contributed by atoms with Crippen molar-refractivity contribution in [1.29, 1.82) is 0 Å². The van der Waals surface area contributed by atoms with E-state index < -0.39 is 10.0 Å². The first-order chi connectivity index (χ1) is 14.3. The van der Waals surface area contributed by atoms with Crippen LogP contribution in [-0.2, 0) is 10.0 Å². The van der Waals surface area contributed by atoms with E-state index in [9.17, 15) is 13.2 Å². The highest BCUT2D eigenvalue weighted by Gasteiger charge is 2.28. The summed E-state index contributed by atoms with van der Waals surface area (Å²) in [4.78, 5) is 13.3. The fourth-order valence-corrected chi connectivity index (χ4v) is 5.71. The van der Waals surface area contributed by atoms with Crippen molar-refractivity contribution >= 4 is 15.9 Å². The Morgan fingerprint density at radius 3 is 2.33 bits per heavy atom. The van der Waals surface area contributed by atoms with Crippen LogP contribution in [0.2, 0.25) is 0 Å². The maximum atomic E-state index is 13.2. The van der Waals surface area contributed by atoms with Crippen molar-refractivity contribution in [3.63, 3.8) is 0 Å². The van der Waals surface area contributed by atoms with Crippen LogP contribution in [0.5, 0.6) is 0 Å². The summed E-state index contributed by atoms with van der Waals surface area (Å²) in [5.74, 6) is 0.156. The van der Waals surface area contributed by atoms with E-state index in [0.29, 0.717) is 30.1 Å². The fraction of sp³-hybridized carbons (Fsp3) is 0.458. The molecule has 6 heteroatoms. The zero-order chi connectivity index (χ0) is 21.7. The van der Waals surface area contributed by atoms with E-state index in [4.69, 9.17) is 0 Å². The van der Waals surface area contributed by atoms with Crippen molar-refractivity contribution in [1.82, 2.24) is 9.62 Å². The number of hydrogen-bond donors (Lipinski definition) is 1. The number of piperidine rings is 1. The smallest absolute Gasteiger partial charge is 0.251 e. The lowest BCUT2D eigenvalue weighted by Crippen LogP contribution is -2.36. The van der Waals surface area contributed by atoms with E-state index in [2.05, 4.69) is 19.2 Å². The van der Waals surface area contributed by atoms with Crippen molar-refractivity contribution < 1.29 is 13.2 Å². The molecule has 0 aromatic heterocycles. The molecule has 1 amide bonds. The van der Waals surface area contributed by atoms with E-state index in [1.165, 1.54) is 6.07 Å². The predicted molar refractivity (Wildman–Crippen MR) is 120 cm³/mol. The Balaban J connectivity index is 1.86. The average Bonchev–Trinajstić information content (AvgIpc) is 2.74. The van der Waals surface area contributed by atoms with Crippen molar-refractivity contribution in [3.05, 3.63) is 65.2 Å². The molecule has 5 nitrogen and oxygen atoms in total. The standard InChI is InChI=1S/C24H32N2O3S/c1-18(2)16-22(20-10-6-4-7-11-20)25-24(27)21-13-12-19(3)23(17-21)30(28,29)26-14-8-5-9-15-26/h4,6-7,10-13,17-18,22H,5,8-9,14-16H2,1-3H3,(H,25,27)/t22-/m1/s1. The fourth-order valence-electron chi connectivity index (χ4n) is 3.94. The number of rotatable bonds is 7. The molecule has 1 fully saturated rings. The third-order valence-corrected chi connectivity index (χ3v) is 7.64. The highest BCUT2D eigenvalue weighted by atomic mass is 32.2. The molecule has 1 saturated heterocycles. The summed E-state index contributed by atoms with van der Waals surface area (Å²) in [5.41, 5.74) is 2.09. The number of carbonyl (C=O) groups is 1. The first-order valence-electron chi connectivity index (χ1n) is 10.8. The molecule has 162 valence electrons. The summed E-state index contributed by atoms with van der Waals surface area (Å²) in [5, 5.41) is 3.11. The van der Waals surface area contributed by atoms with Crippen LogP contribution >= 0.6 is 0 Å². The molecule has 0 saturated carbocycles. The summed E-state index contributed by atoms with van der Waals surface area (Å²) in [6.07, 6.45) is 3.63. The van der Waals surface area contributed by atoms with Crippen LogP contribution in [0.15, 0.2) is 53.4 Å². The van der Waals surface area contributed by atoms with E-state index in [1.807, 2.05) is 30.3 Å². The summed E-state index contributed by atoms with van der Waals surface area (Å²) < 4.78 is 27.9. The maximum absolute atomic E-state index is 13.2. The molecule has 2 aromatic rings. The van der Waals surface area contributed by atoms with E-state index in [0.717, 1.165) is 31.2 Å². The van der Waals surface area contributed by atoms with Gasteiger partial charge in [0.15, 0.2) is 0 Å². The van der Waals surface area contributed by atoms with Gasteiger partial charge in [0, 0.05) is 18.7 Å². The van der Waals surface area contributed by atoms with Crippen molar-refractivity contribution in [2.45, 2.75) is 57.4 Å². The number of nitrogens with zero attached hydrogens (tertiary/aromatic N) is 1. The van der Waals surface area contributed by atoms with Gasteiger partial charge in [0.05, 0.1) is 10.9 Å². The lowest BCUT2D eigenvalue weighted by atomic mass is 9.96. The Labute approximate surface area is 180 Å². The molecular weight excluding hydrogens is 396 g/mol. The number of benzene rings is 2. The second-order valence-corrected chi connectivity index (χ2v) is 10.4. The topological polar surface area (TPSA) is 66.5 Å². The molecule has 0 unspecified atom stereocenters. The molecular formula is C24H32N2O3S. The highest BCUT2D eigenvalue weighted by molar-refractivity contribution is 7.89. The molecule has 30 heavy (non-hydrogen) atoms. The highest BCUT2D eigenvalue weighted by Crippen LogP contribution is 2.26. The first-order valence-corrected chi connectivity index (χ1v) is 12.2. The Hall–Kier alpha value is -2.18. The van der Waals surface area contributed by atoms with Gasteiger partial charge in [0.25, 0.3) is 5.91 Å². The van der Waals surface area contributed by atoms with Crippen LogP contribution in [0.3, 0.4) is 0 Å². The molecule has 0 radical (unpaired) electrons. The molecule has 0 spiro atoms. The molecule has 1 heterocycles. The summed E-state index contributed by atoms with van der Waals surface area (Å²) in [7, 11) is -3.60. The number of amides is 1. The Bertz CT molecular complexity index is 965. The Kier molecular flexibility index (Phi) is 7.32. The molecule has 1 atom stereocenters. The van der Waals surface area contributed by atoms with Crippen LogP contribution in [0.4, 0.5) is 0 Å². The number of nitrogens with one attached hydrogen (secondary N) is 1. The van der Waals surface area contributed by atoms with E-state index in [1.54, 1.807) is 23.4 Å². The summed E-state index contributed by atoms with van der Waals surface area (Å²) in [6.45, 7) is 7.12. The Morgan fingerprint density at radius 2 is 1.70 bits per heavy atom. The van der Waals surface area contributed by atoms with Crippen LogP contribution in [0.1, 0.15) is 67.1 Å². The number of aryl methyl sites for hydroxylation is 1. The third-order valence-electron chi connectivity index (χ3n) is 5.60. The Morgan fingerprint density at radius 1 is 1.03 bits per heavy atom. The summed E-state index contributed by atoms with van der Waals surface area (Å²) >= 11 is 0. The molecule has 1 N–H and O–H groups in total. The van der Waals surface area contributed by atoms with Gasteiger partial charge in [-0.3, -0.25) is 4.79 Å². The SMILES string of the molecule is Cc1ccc(C(=O)N[C@H](CC(C)C)c2ccccc2)cc1S(=O)(=O)N1CCCCC1. The second kappa shape index (κ2) is 9.75. The number of carbonyl (C=O) groups excluding carboxylic acids is 1. The quantitative estimate of drug-likeness (QED) is 0.696. The van der Waals surface area contributed by atoms with Gasteiger partial charge in [0.2, 0.25) is 10.0 Å². The second-order valence-electron chi connectivity index (χ2n) is 8.51. The van der Waals surface area contributed by atoms with Crippen LogP contribution in [0, 0.1) is 12.8 Å². The van der Waals surface area contributed by atoms with E-state index >= 15 is 0 Å². The van der Waals surface area contributed by atoms with Crippen LogP contribution < -0.4 is 5.32 Å². The minimum Gasteiger partial charge on any atom is -0.345 e. The number of sulfonamides is 1. The average molecular weight is 429 g/mol. The molecule has 2 aromatic carbocycles. The zero-order valence-electron chi connectivity index (χ0n) is 18.1. The lowest BCUT2D eigenvalue weighted by molar-refractivity contribution is 0.0931. The van der Waals surface area contributed by atoms with E-state index in [-0.39, 0.29) is 16.8 Å². The monoisotopic (exact) mass is 428 g/mol. The molecule has 1 aliphatic heterocycles. The van der Waals surface area contributed by atoms with Crippen molar-refractivity contribution in [2.75, 3.05) is 13.1 Å². The van der Waals surface area contributed by atoms with Crippen molar-refractivity contribution in [3.8, 4) is 0 Å². The van der Waals surface area contributed by atoms with Gasteiger partial charge in [-0.1, -0.05) is 56.7 Å². The zero-order valence-corrected chi connectivity index (χ0v) is 18.9. The molecule has 0 aliphatic carbocycles. The van der Waals surface area contributed by atoms with Gasteiger partial charge in [0.1, 0.15) is 0 Å². The van der Waals surface area contributed by atoms with Gasteiger partial charge in [-0.25, -0.2) is 8.42 Å². The predicted octanol–water partition coefficient (Wildman–Crippen LogP) is 4.69. The molecule has 3 rings (SSSR count). The van der Waals surface area contributed by atoms with Gasteiger partial charge in [-0.15, -0.1) is 0 Å². The van der Waals surface area contributed by atoms with Gasteiger partial charge >= 0.3 is 0 Å². The molecule has 0 bridgehead atoms. The minimum absolute atomic E-state index is 0.123. The van der Waals surface area contributed by atoms with Gasteiger partial charge in [-0.2, -0.15) is 4.31 Å². The summed E-state index contributed by atoms with van der Waals surface area (Å²) in [6, 6.07) is 14.7. The van der Waals surface area contributed by atoms with Gasteiger partial charge < -0.3 is 5.32 Å². The molecule has 1 aliphatic rings. The maximum Gasteiger partial charge on any atom is 0.251 e. The largest absolute Gasteiger partial charge is 0.345 e. The van der Waals surface area contributed by atoms with Crippen LogP contribution in [-0.4, -0.2) is 31.7 Å². The van der Waals surface area contributed by atoms with Crippen LogP contribution in [0.25, 0.3) is 0 Å². The normalized spacial score (nSPS) is 16.4. The van der Waals surface area contributed by atoms with Gasteiger partial charge in [-0.05, 0) is 55.4 Å². The first kappa shape index (κ1) is 22.5. The third kappa shape index (κ3) is 5.29.